The van der Waals surface area contributed by atoms with E-state index >= 15 is 0 Å². The maximum Gasteiger partial charge on any atom is 0.116 e. The number of pyridine rings is 1. The normalized spacial score (nSPS) is 30.4. The molecule has 3 aromatic rings. The highest BCUT2D eigenvalue weighted by atomic mass is 35.5. The largest absolute Gasteiger partial charge is 0.508 e. The molecule has 5 unspecified atom stereocenters. The van der Waals surface area contributed by atoms with Crippen LogP contribution in [0.2, 0.25) is 5.02 Å². The first-order valence-electron chi connectivity index (χ1n) is 10.5. The number of halogens is 1. The summed E-state index contributed by atoms with van der Waals surface area (Å²) >= 11 is 6.05. The van der Waals surface area contributed by atoms with Crippen LogP contribution in [-0.2, 0) is 0 Å². The first-order valence-corrected chi connectivity index (χ1v) is 10.9. The lowest BCUT2D eigenvalue weighted by atomic mass is 9.82. The average Bonchev–Trinajstić information content (AvgIpc) is 3.31. The molecule has 1 saturated carbocycles. The van der Waals surface area contributed by atoms with E-state index in [1.165, 1.54) is 6.42 Å². The molecule has 6 rings (SSSR count). The molecule has 2 saturated heterocycles. The Labute approximate surface area is 180 Å². The lowest BCUT2D eigenvalue weighted by Crippen LogP contribution is -2.59. The summed E-state index contributed by atoms with van der Waals surface area (Å²) in [7, 11) is 0. The van der Waals surface area contributed by atoms with E-state index in [0.717, 1.165) is 40.7 Å². The summed E-state index contributed by atoms with van der Waals surface area (Å²) in [6, 6.07) is 14.8. The standard InChI is InChI=1S/C25H23ClN2O2/c1-2-19-20-9-10-28-23(13-25(19,20)28)24(30)18-12-22(14-3-5-15(26)6-4-14)27-21-8-7-16(29)11-17(18)21/h2-8,11-12,19-20,23-24,29-30H,1,9-10,13H2. The van der Waals surface area contributed by atoms with Gasteiger partial charge in [-0.15, -0.1) is 6.58 Å². The van der Waals surface area contributed by atoms with Crippen molar-refractivity contribution in [1.29, 1.82) is 0 Å². The van der Waals surface area contributed by atoms with Crippen molar-refractivity contribution in [3.05, 3.63) is 71.8 Å². The molecular formula is C25H23ClN2O2. The number of fused-ring (bicyclic) bond motifs is 1. The maximum atomic E-state index is 11.5. The lowest BCUT2D eigenvalue weighted by Gasteiger charge is -2.50. The number of aromatic nitrogens is 1. The second kappa shape index (κ2) is 6.30. The number of phenols is 1. The van der Waals surface area contributed by atoms with Crippen LogP contribution in [0, 0.1) is 11.8 Å². The number of piperidine rings is 1. The average molecular weight is 419 g/mol. The Hall–Kier alpha value is -2.40. The van der Waals surface area contributed by atoms with Crippen molar-refractivity contribution in [3.63, 3.8) is 0 Å². The summed E-state index contributed by atoms with van der Waals surface area (Å²) in [5, 5.41) is 23.0. The van der Waals surface area contributed by atoms with Crippen molar-refractivity contribution in [2.75, 3.05) is 6.54 Å². The molecular weight excluding hydrogens is 396 g/mol. The third-order valence-electron chi connectivity index (χ3n) is 7.60. The second-order valence-corrected chi connectivity index (χ2v) is 9.30. The molecule has 5 atom stereocenters. The Bertz CT molecular complexity index is 1180. The number of phenolic OH excluding ortho intramolecular Hbond substituents is 1. The lowest BCUT2D eigenvalue weighted by molar-refractivity contribution is -0.0656. The van der Waals surface area contributed by atoms with Gasteiger partial charge in [0, 0.05) is 27.6 Å². The summed E-state index contributed by atoms with van der Waals surface area (Å²) in [5.74, 6) is 1.45. The van der Waals surface area contributed by atoms with E-state index in [2.05, 4.69) is 17.6 Å². The van der Waals surface area contributed by atoms with Crippen LogP contribution < -0.4 is 0 Å². The third-order valence-corrected chi connectivity index (χ3v) is 7.85. The number of hydrogen-bond donors (Lipinski definition) is 2. The van der Waals surface area contributed by atoms with E-state index in [9.17, 15) is 10.2 Å². The molecule has 1 aromatic heterocycles. The van der Waals surface area contributed by atoms with Crippen LogP contribution in [0.25, 0.3) is 22.2 Å². The van der Waals surface area contributed by atoms with Gasteiger partial charge >= 0.3 is 0 Å². The molecule has 2 aromatic carbocycles. The monoisotopic (exact) mass is 418 g/mol. The smallest absolute Gasteiger partial charge is 0.116 e. The van der Waals surface area contributed by atoms with Gasteiger partial charge in [-0.1, -0.05) is 29.8 Å². The van der Waals surface area contributed by atoms with E-state index in [0.29, 0.717) is 16.9 Å². The van der Waals surface area contributed by atoms with Crippen LogP contribution in [0.1, 0.15) is 24.5 Å². The molecule has 30 heavy (non-hydrogen) atoms. The number of aliphatic hydroxyl groups is 1. The number of aliphatic hydroxyl groups excluding tert-OH is 1. The van der Waals surface area contributed by atoms with Gasteiger partial charge in [-0.2, -0.15) is 0 Å². The van der Waals surface area contributed by atoms with E-state index in [1.54, 1.807) is 12.1 Å². The summed E-state index contributed by atoms with van der Waals surface area (Å²) in [5.41, 5.74) is 3.57. The summed E-state index contributed by atoms with van der Waals surface area (Å²) in [6.45, 7) is 5.05. The molecule has 3 fully saturated rings. The quantitative estimate of drug-likeness (QED) is 0.589. The fraction of sp³-hybridized carbons (Fsp3) is 0.320. The minimum absolute atomic E-state index is 0.0889. The van der Waals surface area contributed by atoms with E-state index < -0.39 is 6.10 Å². The Morgan fingerprint density at radius 3 is 2.73 bits per heavy atom. The number of rotatable bonds is 4. The predicted octanol–water partition coefficient (Wildman–Crippen LogP) is 4.94. The van der Waals surface area contributed by atoms with Gasteiger partial charge < -0.3 is 10.2 Å². The van der Waals surface area contributed by atoms with Crippen LogP contribution >= 0.6 is 11.6 Å². The molecule has 152 valence electrons. The van der Waals surface area contributed by atoms with Crippen LogP contribution in [0.3, 0.4) is 0 Å². The number of nitrogens with zero attached hydrogens (tertiary/aromatic N) is 2. The van der Waals surface area contributed by atoms with E-state index in [1.807, 2.05) is 36.4 Å². The molecule has 0 radical (unpaired) electrons. The second-order valence-electron chi connectivity index (χ2n) is 8.86. The predicted molar refractivity (Wildman–Crippen MR) is 118 cm³/mol. The van der Waals surface area contributed by atoms with Gasteiger partial charge in [0.05, 0.1) is 17.3 Å². The molecule has 2 aliphatic heterocycles. The van der Waals surface area contributed by atoms with Gasteiger partial charge in [0.15, 0.2) is 0 Å². The Morgan fingerprint density at radius 2 is 2.00 bits per heavy atom. The fourth-order valence-electron chi connectivity index (χ4n) is 6.18. The van der Waals surface area contributed by atoms with Crippen molar-refractivity contribution in [2.45, 2.75) is 30.5 Å². The summed E-state index contributed by atoms with van der Waals surface area (Å²) < 4.78 is 0. The van der Waals surface area contributed by atoms with Gasteiger partial charge in [0.2, 0.25) is 0 Å². The van der Waals surface area contributed by atoms with Crippen molar-refractivity contribution < 1.29 is 10.2 Å². The molecule has 2 N–H and O–H groups in total. The number of benzene rings is 2. The highest BCUT2D eigenvalue weighted by Gasteiger charge is 2.76. The molecule has 4 nitrogen and oxygen atoms in total. The molecule has 0 bridgehead atoms. The topological polar surface area (TPSA) is 56.6 Å². The van der Waals surface area contributed by atoms with Crippen LogP contribution in [-0.4, -0.2) is 38.2 Å². The SMILES string of the molecule is C=CC1C2CCN3C(C(O)c4cc(-c5ccc(Cl)cc5)nc5ccc(O)cc45)CC123. The molecule has 5 heteroatoms. The minimum atomic E-state index is -0.640. The molecule has 3 aliphatic rings. The van der Waals surface area contributed by atoms with Crippen LogP contribution in [0.4, 0.5) is 0 Å². The van der Waals surface area contributed by atoms with Crippen molar-refractivity contribution in [3.8, 4) is 17.0 Å². The van der Waals surface area contributed by atoms with Crippen molar-refractivity contribution in [2.24, 2.45) is 11.8 Å². The van der Waals surface area contributed by atoms with Gasteiger partial charge in [-0.3, -0.25) is 4.90 Å². The zero-order chi connectivity index (χ0) is 20.6. The zero-order valence-corrected chi connectivity index (χ0v) is 17.3. The number of aromatic hydroxyl groups is 1. The molecule has 3 heterocycles. The van der Waals surface area contributed by atoms with Crippen molar-refractivity contribution in [1.82, 2.24) is 9.88 Å². The minimum Gasteiger partial charge on any atom is -0.508 e. The number of hydrogen-bond acceptors (Lipinski definition) is 4. The van der Waals surface area contributed by atoms with Crippen LogP contribution in [0.15, 0.2) is 61.2 Å². The molecule has 1 spiro atoms. The van der Waals surface area contributed by atoms with Gasteiger partial charge in [0.25, 0.3) is 0 Å². The van der Waals surface area contributed by atoms with Crippen LogP contribution in [0.5, 0.6) is 5.75 Å². The van der Waals surface area contributed by atoms with Crippen molar-refractivity contribution >= 4 is 22.5 Å². The first kappa shape index (κ1) is 18.4. The van der Waals surface area contributed by atoms with E-state index in [-0.39, 0.29) is 17.3 Å². The Kier molecular flexibility index (Phi) is 3.86. The summed E-state index contributed by atoms with van der Waals surface area (Å²) in [4.78, 5) is 7.28. The third kappa shape index (κ3) is 2.38. The summed E-state index contributed by atoms with van der Waals surface area (Å²) in [6.07, 6.45) is 3.64. The van der Waals surface area contributed by atoms with E-state index in [4.69, 9.17) is 16.6 Å². The first-order chi connectivity index (χ1) is 14.5. The highest BCUT2D eigenvalue weighted by molar-refractivity contribution is 6.30. The zero-order valence-electron chi connectivity index (χ0n) is 16.5. The molecule has 0 amide bonds. The Balaban J connectivity index is 1.43. The molecule has 1 aliphatic carbocycles. The fourth-order valence-corrected chi connectivity index (χ4v) is 6.30. The highest BCUT2D eigenvalue weighted by Crippen LogP contribution is 2.71. The van der Waals surface area contributed by atoms with Gasteiger partial charge in [0.1, 0.15) is 5.75 Å². The van der Waals surface area contributed by atoms with Gasteiger partial charge in [-0.25, -0.2) is 4.98 Å². The van der Waals surface area contributed by atoms with Gasteiger partial charge in [-0.05, 0) is 73.2 Å². The Morgan fingerprint density at radius 1 is 1.20 bits per heavy atom. The maximum absolute atomic E-state index is 11.5.